The molecule has 0 radical (unpaired) electrons. The number of hydrogen-bond acceptors (Lipinski definition) is 5. The molecule has 2 aromatic rings. The van der Waals surface area contributed by atoms with Crippen molar-refractivity contribution >= 4 is 17.3 Å². The van der Waals surface area contributed by atoms with Crippen LogP contribution in [0.3, 0.4) is 0 Å². The third-order valence-corrected chi connectivity index (χ3v) is 3.67. The van der Waals surface area contributed by atoms with Gasteiger partial charge in [0.05, 0.1) is 6.54 Å². The van der Waals surface area contributed by atoms with Gasteiger partial charge in [-0.1, -0.05) is 11.2 Å². The molecule has 0 unspecified atom stereocenters. The highest BCUT2D eigenvalue weighted by Crippen LogP contribution is 2.17. The molecule has 0 amide bonds. The average Bonchev–Trinajstić information content (AvgIpc) is 2.98. The summed E-state index contributed by atoms with van der Waals surface area (Å²) in [6.07, 6.45) is 0. The van der Waals surface area contributed by atoms with Crippen molar-refractivity contribution in [3.05, 3.63) is 39.9 Å². The molecule has 0 fully saturated rings. The molecule has 0 saturated carbocycles. The summed E-state index contributed by atoms with van der Waals surface area (Å²) < 4.78 is 5.06. The van der Waals surface area contributed by atoms with Crippen LogP contribution in [0.5, 0.6) is 0 Å². The maximum atomic E-state index is 10.8. The van der Waals surface area contributed by atoms with Crippen LogP contribution in [0.1, 0.15) is 35.0 Å². The molecular weight excluding hydrogens is 264 g/mol. The Morgan fingerprint density at radius 1 is 1.53 bits per heavy atom. The summed E-state index contributed by atoms with van der Waals surface area (Å²) in [5.41, 5.74) is -0.0465. The predicted octanol–water partition coefficient (Wildman–Crippen LogP) is 2.84. The third-order valence-electron chi connectivity index (χ3n) is 2.81. The van der Waals surface area contributed by atoms with E-state index in [1.807, 2.05) is 11.4 Å². The standard InChI is InChI=1S/C13H16N2O3S/c1-9(2)15(8-11-4-3-5-19-11)7-10-6-12(13(16)17)14-18-10/h3-6,9H,7-8H2,1-2H3,(H,16,17). The van der Waals surface area contributed by atoms with Gasteiger partial charge in [0.2, 0.25) is 0 Å². The molecule has 0 aliphatic carbocycles. The summed E-state index contributed by atoms with van der Waals surface area (Å²) in [6.45, 7) is 5.57. The van der Waals surface area contributed by atoms with Gasteiger partial charge in [0, 0.05) is 23.5 Å². The van der Waals surface area contributed by atoms with E-state index in [2.05, 4.69) is 30.0 Å². The van der Waals surface area contributed by atoms with E-state index in [0.29, 0.717) is 18.3 Å². The molecule has 0 aromatic carbocycles. The summed E-state index contributed by atoms with van der Waals surface area (Å²) in [5, 5.41) is 14.4. The van der Waals surface area contributed by atoms with E-state index < -0.39 is 5.97 Å². The maximum absolute atomic E-state index is 10.8. The fourth-order valence-corrected chi connectivity index (χ4v) is 2.44. The zero-order valence-electron chi connectivity index (χ0n) is 10.9. The van der Waals surface area contributed by atoms with Gasteiger partial charge in [0.15, 0.2) is 11.5 Å². The zero-order chi connectivity index (χ0) is 13.8. The van der Waals surface area contributed by atoms with Crippen LogP contribution in [0.2, 0.25) is 0 Å². The number of nitrogens with zero attached hydrogens (tertiary/aromatic N) is 2. The van der Waals surface area contributed by atoms with Crippen molar-refractivity contribution in [2.45, 2.75) is 33.0 Å². The summed E-state index contributed by atoms with van der Waals surface area (Å²) >= 11 is 1.71. The number of hydrogen-bond donors (Lipinski definition) is 1. The van der Waals surface area contributed by atoms with Crippen LogP contribution >= 0.6 is 11.3 Å². The van der Waals surface area contributed by atoms with Crippen molar-refractivity contribution in [1.82, 2.24) is 10.1 Å². The quantitative estimate of drug-likeness (QED) is 0.881. The molecule has 102 valence electrons. The molecule has 0 spiro atoms. The summed E-state index contributed by atoms with van der Waals surface area (Å²) in [6, 6.07) is 5.92. The lowest BCUT2D eigenvalue weighted by molar-refractivity contribution is 0.0685. The van der Waals surface area contributed by atoms with Crippen molar-refractivity contribution in [3.63, 3.8) is 0 Å². The summed E-state index contributed by atoms with van der Waals surface area (Å²) in [4.78, 5) is 14.2. The first-order chi connectivity index (χ1) is 9.06. The molecule has 2 aromatic heterocycles. The van der Waals surface area contributed by atoms with Crippen LogP contribution in [0.25, 0.3) is 0 Å². The van der Waals surface area contributed by atoms with Crippen molar-refractivity contribution in [3.8, 4) is 0 Å². The molecule has 19 heavy (non-hydrogen) atoms. The van der Waals surface area contributed by atoms with E-state index in [0.717, 1.165) is 6.54 Å². The lowest BCUT2D eigenvalue weighted by Gasteiger charge is -2.24. The van der Waals surface area contributed by atoms with Crippen molar-refractivity contribution in [2.24, 2.45) is 0 Å². The second-order valence-corrected chi connectivity index (χ2v) is 5.59. The van der Waals surface area contributed by atoms with Crippen LogP contribution in [0.4, 0.5) is 0 Å². The number of rotatable bonds is 6. The van der Waals surface area contributed by atoms with Gasteiger partial charge in [0.25, 0.3) is 0 Å². The normalized spacial score (nSPS) is 11.4. The Hall–Kier alpha value is -1.66. The van der Waals surface area contributed by atoms with Gasteiger partial charge in [-0.15, -0.1) is 11.3 Å². The average molecular weight is 280 g/mol. The maximum Gasteiger partial charge on any atom is 0.358 e. The first kappa shape index (κ1) is 13.8. The van der Waals surface area contributed by atoms with Crippen LogP contribution in [0, 0.1) is 0 Å². The van der Waals surface area contributed by atoms with Crippen LogP contribution < -0.4 is 0 Å². The topological polar surface area (TPSA) is 66.6 Å². The van der Waals surface area contributed by atoms with Gasteiger partial charge in [-0.3, -0.25) is 4.90 Å². The minimum atomic E-state index is -1.07. The van der Waals surface area contributed by atoms with E-state index in [9.17, 15) is 4.79 Å². The summed E-state index contributed by atoms with van der Waals surface area (Å²) in [7, 11) is 0. The number of aromatic carboxylic acids is 1. The summed E-state index contributed by atoms with van der Waals surface area (Å²) in [5.74, 6) is -0.494. The molecule has 2 rings (SSSR count). The van der Waals surface area contributed by atoms with Gasteiger partial charge < -0.3 is 9.63 Å². The van der Waals surface area contributed by atoms with Crippen LogP contribution in [-0.4, -0.2) is 27.2 Å². The molecule has 5 nitrogen and oxygen atoms in total. The monoisotopic (exact) mass is 280 g/mol. The van der Waals surface area contributed by atoms with Crippen molar-refractivity contribution in [1.29, 1.82) is 0 Å². The highest BCUT2D eigenvalue weighted by Gasteiger charge is 2.16. The van der Waals surface area contributed by atoms with Gasteiger partial charge in [-0.2, -0.15) is 0 Å². The molecular formula is C13H16N2O3S. The second-order valence-electron chi connectivity index (χ2n) is 4.56. The van der Waals surface area contributed by atoms with E-state index in [-0.39, 0.29) is 5.69 Å². The van der Waals surface area contributed by atoms with Gasteiger partial charge in [-0.25, -0.2) is 4.79 Å². The fourth-order valence-electron chi connectivity index (χ4n) is 1.71. The molecule has 6 heteroatoms. The van der Waals surface area contributed by atoms with E-state index in [4.69, 9.17) is 9.63 Å². The van der Waals surface area contributed by atoms with Gasteiger partial charge in [0.1, 0.15) is 0 Å². The lowest BCUT2D eigenvalue weighted by Crippen LogP contribution is -2.29. The van der Waals surface area contributed by atoms with Crippen LogP contribution in [0.15, 0.2) is 28.1 Å². The second kappa shape index (κ2) is 5.99. The Kier molecular flexibility index (Phi) is 4.34. The first-order valence-electron chi connectivity index (χ1n) is 6.01. The Labute approximate surface area is 115 Å². The Balaban J connectivity index is 2.05. The molecule has 0 atom stereocenters. The van der Waals surface area contributed by atoms with E-state index in [1.54, 1.807) is 11.3 Å². The Morgan fingerprint density at radius 3 is 2.84 bits per heavy atom. The minimum Gasteiger partial charge on any atom is -0.476 e. The Morgan fingerprint density at radius 2 is 2.32 bits per heavy atom. The smallest absolute Gasteiger partial charge is 0.358 e. The van der Waals surface area contributed by atoms with E-state index >= 15 is 0 Å². The van der Waals surface area contributed by atoms with Crippen molar-refractivity contribution < 1.29 is 14.4 Å². The number of aromatic nitrogens is 1. The van der Waals surface area contributed by atoms with Gasteiger partial charge >= 0.3 is 5.97 Å². The Bertz CT molecular complexity index is 534. The molecule has 0 aliphatic rings. The molecule has 1 N–H and O–H groups in total. The molecule has 0 aliphatic heterocycles. The minimum absolute atomic E-state index is 0.0465. The number of carbonyl (C=O) groups is 1. The van der Waals surface area contributed by atoms with E-state index in [1.165, 1.54) is 10.9 Å². The van der Waals surface area contributed by atoms with Crippen LogP contribution in [-0.2, 0) is 13.1 Å². The fraction of sp³-hybridized carbons (Fsp3) is 0.385. The number of carboxylic acids is 1. The molecule has 0 saturated heterocycles. The van der Waals surface area contributed by atoms with Crippen molar-refractivity contribution in [2.75, 3.05) is 0 Å². The van der Waals surface area contributed by atoms with Gasteiger partial charge in [-0.05, 0) is 25.3 Å². The first-order valence-corrected chi connectivity index (χ1v) is 6.89. The molecule has 0 bridgehead atoms. The SMILES string of the molecule is CC(C)N(Cc1cc(C(=O)O)no1)Cc1cccs1. The lowest BCUT2D eigenvalue weighted by atomic mass is 10.2. The highest BCUT2D eigenvalue weighted by molar-refractivity contribution is 7.09. The highest BCUT2D eigenvalue weighted by atomic mass is 32.1. The number of thiophene rings is 1. The predicted molar refractivity (Wildman–Crippen MR) is 72.2 cm³/mol. The third kappa shape index (κ3) is 3.65. The molecule has 2 heterocycles. The number of carboxylic acid groups (broad SMARTS) is 1. The zero-order valence-corrected chi connectivity index (χ0v) is 11.7. The largest absolute Gasteiger partial charge is 0.476 e.